The molecule has 0 unspecified atom stereocenters. The van der Waals surface area contributed by atoms with Crippen LogP contribution in [0.2, 0.25) is 0 Å². The van der Waals surface area contributed by atoms with Gasteiger partial charge in [-0.05, 0) is 29.7 Å². The van der Waals surface area contributed by atoms with Crippen LogP contribution in [0, 0.1) is 5.41 Å². The normalized spacial score (nSPS) is 10.9. The van der Waals surface area contributed by atoms with Gasteiger partial charge in [0.2, 0.25) is 0 Å². The minimum atomic E-state index is -0.391. The third-order valence-electron chi connectivity index (χ3n) is 3.88. The van der Waals surface area contributed by atoms with Gasteiger partial charge < -0.3 is 4.74 Å². The molecule has 0 aliphatic carbocycles. The Morgan fingerprint density at radius 2 is 1.70 bits per heavy atom. The summed E-state index contributed by atoms with van der Waals surface area (Å²) >= 11 is 0. The van der Waals surface area contributed by atoms with Crippen LogP contribution >= 0.6 is 0 Å². The lowest BCUT2D eigenvalue weighted by molar-refractivity contribution is -0.131. The van der Waals surface area contributed by atoms with E-state index in [1.54, 1.807) is 18.2 Å². The number of hydrogen-bond donors (Lipinski definition) is 0. The molecule has 2 rings (SSSR count). The van der Waals surface area contributed by atoms with Crippen molar-refractivity contribution in [1.29, 1.82) is 0 Å². The van der Waals surface area contributed by atoms with Crippen molar-refractivity contribution in [2.45, 2.75) is 20.3 Å². The topological polar surface area (TPSA) is 26.3 Å². The van der Waals surface area contributed by atoms with Crippen LogP contribution in [-0.2, 0) is 11.2 Å². The van der Waals surface area contributed by atoms with Gasteiger partial charge in [-0.2, -0.15) is 0 Å². The summed E-state index contributed by atoms with van der Waals surface area (Å²) in [6.45, 7) is 11.7. The smallest absolute Gasteiger partial charge is 0.339 e. The maximum Gasteiger partial charge on any atom is 0.339 e. The van der Waals surface area contributed by atoms with Crippen molar-refractivity contribution in [2.24, 2.45) is 5.41 Å². The Labute approximate surface area is 138 Å². The monoisotopic (exact) mass is 306 g/mol. The van der Waals surface area contributed by atoms with Gasteiger partial charge in [0.15, 0.2) is 0 Å². The first-order valence-corrected chi connectivity index (χ1v) is 7.60. The zero-order chi connectivity index (χ0) is 16.9. The first-order valence-electron chi connectivity index (χ1n) is 7.60. The maximum atomic E-state index is 12.4. The zero-order valence-electron chi connectivity index (χ0n) is 13.7. The van der Waals surface area contributed by atoms with Gasteiger partial charge in [0, 0.05) is 11.0 Å². The van der Waals surface area contributed by atoms with Crippen LogP contribution in [-0.4, -0.2) is 5.97 Å². The van der Waals surface area contributed by atoms with Crippen LogP contribution in [0.15, 0.2) is 73.3 Å². The van der Waals surface area contributed by atoms with Gasteiger partial charge in [-0.3, -0.25) is 0 Å². The fourth-order valence-corrected chi connectivity index (χ4v) is 2.33. The first-order chi connectivity index (χ1) is 10.9. The van der Waals surface area contributed by atoms with Crippen LogP contribution in [0.25, 0.3) is 6.08 Å². The second-order valence-corrected chi connectivity index (χ2v) is 6.19. The summed E-state index contributed by atoms with van der Waals surface area (Å²) in [4.78, 5) is 12.4. The van der Waals surface area contributed by atoms with Crippen LogP contribution in [0.5, 0.6) is 5.75 Å². The number of ether oxygens (including phenoxy) is 1. The average Bonchev–Trinajstić information content (AvgIpc) is 2.55. The number of carbonyl (C=O) groups is 1. The van der Waals surface area contributed by atoms with Crippen molar-refractivity contribution in [1.82, 2.24) is 0 Å². The van der Waals surface area contributed by atoms with Crippen molar-refractivity contribution < 1.29 is 9.53 Å². The molecule has 0 radical (unpaired) electrons. The van der Waals surface area contributed by atoms with Gasteiger partial charge in [0.1, 0.15) is 5.75 Å². The van der Waals surface area contributed by atoms with Crippen molar-refractivity contribution in [3.05, 3.63) is 84.5 Å². The highest BCUT2D eigenvalue weighted by Gasteiger charge is 2.28. The lowest BCUT2D eigenvalue weighted by atomic mass is 9.79. The van der Waals surface area contributed by atoms with E-state index < -0.39 is 5.97 Å². The Morgan fingerprint density at radius 3 is 2.26 bits per heavy atom. The molecule has 2 heteroatoms. The molecule has 2 aromatic rings. The Balaban J connectivity index is 2.05. The van der Waals surface area contributed by atoms with Gasteiger partial charge in [0.25, 0.3) is 0 Å². The van der Waals surface area contributed by atoms with E-state index in [2.05, 4.69) is 13.2 Å². The van der Waals surface area contributed by atoms with Crippen molar-refractivity contribution >= 4 is 12.0 Å². The van der Waals surface area contributed by atoms with Gasteiger partial charge in [-0.15, -0.1) is 0 Å². The van der Waals surface area contributed by atoms with E-state index in [-0.39, 0.29) is 5.41 Å². The molecule has 0 saturated carbocycles. The summed E-state index contributed by atoms with van der Waals surface area (Å²) in [5.74, 6) is 0.120. The Bertz CT molecular complexity index is 694. The van der Waals surface area contributed by atoms with E-state index in [1.165, 1.54) is 5.56 Å². The number of benzene rings is 2. The molecule has 0 heterocycles. The molecule has 0 fully saturated rings. The summed E-state index contributed by atoms with van der Waals surface area (Å²) < 4.78 is 5.43. The third-order valence-corrected chi connectivity index (χ3v) is 3.88. The number of carbonyl (C=O) groups excluding carboxylic acids is 1. The highest BCUT2D eigenvalue weighted by Crippen LogP contribution is 2.31. The van der Waals surface area contributed by atoms with Crippen LogP contribution in [0.3, 0.4) is 0 Å². The van der Waals surface area contributed by atoms with E-state index in [0.29, 0.717) is 11.3 Å². The second-order valence-electron chi connectivity index (χ2n) is 6.19. The molecule has 0 aliphatic rings. The Hall–Kier alpha value is -2.61. The molecular formula is C21H22O2. The van der Waals surface area contributed by atoms with E-state index in [1.807, 2.05) is 56.3 Å². The van der Waals surface area contributed by atoms with Crippen molar-refractivity contribution in [2.75, 3.05) is 0 Å². The molecular weight excluding hydrogens is 284 g/mol. The number of rotatable bonds is 6. The second kappa shape index (κ2) is 7.10. The summed E-state index contributed by atoms with van der Waals surface area (Å²) in [6.07, 6.45) is 2.48. The van der Waals surface area contributed by atoms with Gasteiger partial charge >= 0.3 is 5.97 Å². The molecule has 2 aromatic carbocycles. The predicted molar refractivity (Wildman–Crippen MR) is 95.2 cm³/mol. The predicted octanol–water partition coefficient (Wildman–Crippen LogP) is 5.06. The van der Waals surface area contributed by atoms with Crippen LogP contribution < -0.4 is 4.74 Å². The number of hydrogen-bond acceptors (Lipinski definition) is 2. The minimum Gasteiger partial charge on any atom is -0.423 e. The van der Waals surface area contributed by atoms with E-state index >= 15 is 0 Å². The highest BCUT2D eigenvalue weighted by molar-refractivity contribution is 5.90. The molecule has 0 aromatic heterocycles. The summed E-state index contributed by atoms with van der Waals surface area (Å²) in [6, 6.07) is 17.3. The molecule has 0 amide bonds. The van der Waals surface area contributed by atoms with Crippen molar-refractivity contribution in [3.63, 3.8) is 0 Å². The number of esters is 1. The van der Waals surface area contributed by atoms with Crippen LogP contribution in [0.4, 0.5) is 0 Å². The standard InChI is InChI=1S/C21H22O2/c1-5-17-11-13-19(14-12-17)23-20(22)16(2)21(3,4)15-18-9-7-6-8-10-18/h5-14H,1-2,15H2,3-4H3. The van der Waals surface area contributed by atoms with Crippen LogP contribution in [0.1, 0.15) is 25.0 Å². The summed E-state index contributed by atoms with van der Waals surface area (Å²) in [5.41, 5.74) is 2.24. The lowest BCUT2D eigenvalue weighted by Gasteiger charge is -2.26. The van der Waals surface area contributed by atoms with Crippen molar-refractivity contribution in [3.8, 4) is 5.75 Å². The third kappa shape index (κ3) is 4.43. The summed E-state index contributed by atoms with van der Waals surface area (Å²) in [7, 11) is 0. The summed E-state index contributed by atoms with van der Waals surface area (Å²) in [5, 5.41) is 0. The molecule has 0 saturated heterocycles. The quantitative estimate of drug-likeness (QED) is 0.423. The minimum absolute atomic E-state index is 0.376. The first kappa shape index (κ1) is 16.8. The average molecular weight is 306 g/mol. The highest BCUT2D eigenvalue weighted by atomic mass is 16.5. The van der Waals surface area contributed by atoms with E-state index in [0.717, 1.165) is 12.0 Å². The molecule has 0 aliphatic heterocycles. The molecule has 0 spiro atoms. The van der Waals surface area contributed by atoms with Gasteiger partial charge in [-0.1, -0.05) is 75.5 Å². The van der Waals surface area contributed by atoms with E-state index in [4.69, 9.17) is 4.74 Å². The fourth-order valence-electron chi connectivity index (χ4n) is 2.33. The SMILES string of the molecule is C=Cc1ccc(OC(=O)C(=C)C(C)(C)Cc2ccccc2)cc1. The lowest BCUT2D eigenvalue weighted by Crippen LogP contribution is -2.26. The van der Waals surface area contributed by atoms with Gasteiger partial charge in [-0.25, -0.2) is 4.79 Å². The van der Waals surface area contributed by atoms with Gasteiger partial charge in [0.05, 0.1) is 0 Å². The molecule has 118 valence electrons. The zero-order valence-corrected chi connectivity index (χ0v) is 13.7. The molecule has 2 nitrogen and oxygen atoms in total. The molecule has 0 bridgehead atoms. The Kier molecular flexibility index (Phi) is 5.17. The van der Waals surface area contributed by atoms with E-state index in [9.17, 15) is 4.79 Å². The molecule has 23 heavy (non-hydrogen) atoms. The molecule has 0 atom stereocenters. The fraction of sp³-hybridized carbons (Fsp3) is 0.190. The maximum absolute atomic E-state index is 12.4. The largest absolute Gasteiger partial charge is 0.423 e. The molecule has 0 N–H and O–H groups in total. The Morgan fingerprint density at radius 1 is 1.09 bits per heavy atom.